The first-order valence-electron chi connectivity index (χ1n) is 7.26. The fraction of sp³-hybridized carbons (Fsp3) is 0.812. The molecular weight excluding hydrogens is 224 g/mol. The molecule has 0 amide bonds. The molecule has 2 rings (SSSR count). The van der Waals surface area contributed by atoms with Gasteiger partial charge in [-0.05, 0) is 25.7 Å². The second-order valence-electron chi connectivity index (χ2n) is 6.82. The van der Waals surface area contributed by atoms with E-state index in [1.807, 2.05) is 0 Å². The molecule has 2 aliphatic carbocycles. The molecule has 2 heteroatoms. The van der Waals surface area contributed by atoms with Gasteiger partial charge >= 0.3 is 5.97 Å². The summed E-state index contributed by atoms with van der Waals surface area (Å²) in [6, 6.07) is 0. The normalized spacial score (nSPS) is 38.6. The van der Waals surface area contributed by atoms with Crippen LogP contribution >= 0.6 is 0 Å². The molecule has 0 heterocycles. The molecule has 2 fully saturated rings. The number of esters is 1. The summed E-state index contributed by atoms with van der Waals surface area (Å²) >= 11 is 0. The molecule has 2 aliphatic rings. The number of rotatable bonds is 2. The van der Waals surface area contributed by atoms with Crippen molar-refractivity contribution in [1.82, 2.24) is 0 Å². The molecule has 0 N–H and O–H groups in total. The average molecular weight is 250 g/mol. The minimum Gasteiger partial charge on any atom is -0.455 e. The van der Waals surface area contributed by atoms with Gasteiger partial charge in [0.15, 0.2) is 0 Å². The SMILES string of the molecule is C=CC(=O)OC1(C)C2CCCCCC2CC1(C)C. The van der Waals surface area contributed by atoms with Crippen molar-refractivity contribution in [2.24, 2.45) is 17.3 Å². The van der Waals surface area contributed by atoms with E-state index in [0.29, 0.717) is 5.92 Å². The van der Waals surface area contributed by atoms with Crippen LogP contribution in [-0.4, -0.2) is 11.6 Å². The van der Waals surface area contributed by atoms with E-state index in [1.165, 1.54) is 44.6 Å². The van der Waals surface area contributed by atoms with Crippen LogP contribution in [0.1, 0.15) is 59.3 Å². The topological polar surface area (TPSA) is 26.3 Å². The van der Waals surface area contributed by atoms with Crippen LogP contribution in [0.5, 0.6) is 0 Å². The summed E-state index contributed by atoms with van der Waals surface area (Å²) in [5.74, 6) is 0.986. The molecule has 3 atom stereocenters. The molecule has 3 unspecified atom stereocenters. The molecule has 0 bridgehead atoms. The van der Waals surface area contributed by atoms with Gasteiger partial charge in [0.1, 0.15) is 5.60 Å². The maximum Gasteiger partial charge on any atom is 0.330 e. The van der Waals surface area contributed by atoms with E-state index in [9.17, 15) is 4.79 Å². The Morgan fingerprint density at radius 3 is 2.56 bits per heavy atom. The van der Waals surface area contributed by atoms with Gasteiger partial charge in [-0.3, -0.25) is 0 Å². The van der Waals surface area contributed by atoms with Crippen molar-refractivity contribution in [2.45, 2.75) is 64.9 Å². The quantitative estimate of drug-likeness (QED) is 0.545. The zero-order valence-corrected chi connectivity index (χ0v) is 12.0. The molecule has 2 saturated carbocycles. The second kappa shape index (κ2) is 4.71. The minimum absolute atomic E-state index is 0.0678. The molecule has 0 spiro atoms. The lowest BCUT2D eigenvalue weighted by atomic mass is 9.74. The highest BCUT2D eigenvalue weighted by atomic mass is 16.6. The molecule has 0 aromatic heterocycles. The molecule has 2 nitrogen and oxygen atoms in total. The number of hydrogen-bond acceptors (Lipinski definition) is 2. The Morgan fingerprint density at radius 2 is 1.89 bits per heavy atom. The van der Waals surface area contributed by atoms with Crippen molar-refractivity contribution in [1.29, 1.82) is 0 Å². The highest BCUT2D eigenvalue weighted by Crippen LogP contribution is 2.58. The summed E-state index contributed by atoms with van der Waals surface area (Å²) < 4.78 is 5.83. The van der Waals surface area contributed by atoms with E-state index in [0.717, 1.165) is 5.92 Å². The van der Waals surface area contributed by atoms with Gasteiger partial charge in [0.05, 0.1) is 0 Å². The Balaban J connectivity index is 2.28. The summed E-state index contributed by atoms with van der Waals surface area (Å²) in [6.07, 6.45) is 8.93. The van der Waals surface area contributed by atoms with E-state index in [2.05, 4.69) is 27.4 Å². The predicted molar refractivity (Wildman–Crippen MR) is 73.2 cm³/mol. The standard InChI is InChI=1S/C16H26O2/c1-5-14(17)18-16(4)13-10-8-6-7-9-12(13)11-15(16,2)3/h5,12-13H,1,6-11H2,2-4H3. The number of hydrogen-bond donors (Lipinski definition) is 0. The Hall–Kier alpha value is -0.790. The Bertz CT molecular complexity index is 345. The van der Waals surface area contributed by atoms with Crippen LogP contribution < -0.4 is 0 Å². The van der Waals surface area contributed by atoms with Gasteiger partial charge in [0, 0.05) is 17.4 Å². The maximum absolute atomic E-state index is 11.7. The van der Waals surface area contributed by atoms with E-state index < -0.39 is 0 Å². The molecule has 18 heavy (non-hydrogen) atoms. The summed E-state index contributed by atoms with van der Waals surface area (Å²) in [7, 11) is 0. The fourth-order valence-corrected chi connectivity index (χ4v) is 4.18. The summed E-state index contributed by atoms with van der Waals surface area (Å²) in [6.45, 7) is 10.2. The number of carbonyl (C=O) groups is 1. The van der Waals surface area contributed by atoms with Gasteiger partial charge in [-0.2, -0.15) is 0 Å². The van der Waals surface area contributed by atoms with Crippen molar-refractivity contribution in [3.8, 4) is 0 Å². The maximum atomic E-state index is 11.7. The van der Waals surface area contributed by atoms with Gasteiger partial charge in [0.2, 0.25) is 0 Å². The first-order chi connectivity index (χ1) is 8.40. The third-order valence-electron chi connectivity index (χ3n) is 5.46. The monoisotopic (exact) mass is 250 g/mol. The van der Waals surface area contributed by atoms with Crippen molar-refractivity contribution < 1.29 is 9.53 Å². The van der Waals surface area contributed by atoms with Crippen molar-refractivity contribution in [3.63, 3.8) is 0 Å². The molecule has 102 valence electrons. The largest absolute Gasteiger partial charge is 0.455 e. The van der Waals surface area contributed by atoms with Crippen LogP contribution in [0, 0.1) is 17.3 Å². The summed E-state index contributed by atoms with van der Waals surface area (Å²) in [5.41, 5.74) is -0.258. The fourth-order valence-electron chi connectivity index (χ4n) is 4.18. The third kappa shape index (κ3) is 2.10. The van der Waals surface area contributed by atoms with Gasteiger partial charge in [-0.1, -0.05) is 46.1 Å². The van der Waals surface area contributed by atoms with Crippen LogP contribution in [0.4, 0.5) is 0 Å². The number of carbonyl (C=O) groups excluding carboxylic acids is 1. The zero-order chi connectivity index (χ0) is 13.4. The Morgan fingerprint density at radius 1 is 1.22 bits per heavy atom. The van der Waals surface area contributed by atoms with Gasteiger partial charge in [-0.25, -0.2) is 4.79 Å². The molecule has 0 aromatic carbocycles. The zero-order valence-electron chi connectivity index (χ0n) is 12.0. The van der Waals surface area contributed by atoms with Crippen molar-refractivity contribution in [2.75, 3.05) is 0 Å². The Labute approximate surface area is 111 Å². The lowest BCUT2D eigenvalue weighted by Gasteiger charge is -2.41. The van der Waals surface area contributed by atoms with Crippen LogP contribution in [0.25, 0.3) is 0 Å². The number of ether oxygens (including phenoxy) is 1. The summed E-state index contributed by atoms with van der Waals surface area (Å²) in [4.78, 5) is 11.7. The van der Waals surface area contributed by atoms with Crippen LogP contribution in [0.2, 0.25) is 0 Å². The lowest BCUT2D eigenvalue weighted by Crippen LogP contribution is -2.46. The van der Waals surface area contributed by atoms with E-state index >= 15 is 0 Å². The minimum atomic E-state index is -0.326. The van der Waals surface area contributed by atoms with Gasteiger partial charge in [-0.15, -0.1) is 0 Å². The summed E-state index contributed by atoms with van der Waals surface area (Å²) in [5, 5.41) is 0. The highest BCUT2D eigenvalue weighted by molar-refractivity contribution is 5.81. The number of fused-ring (bicyclic) bond motifs is 1. The van der Waals surface area contributed by atoms with Crippen LogP contribution in [-0.2, 0) is 9.53 Å². The van der Waals surface area contributed by atoms with E-state index in [4.69, 9.17) is 4.74 Å². The van der Waals surface area contributed by atoms with Gasteiger partial charge < -0.3 is 4.74 Å². The van der Waals surface area contributed by atoms with Crippen LogP contribution in [0.15, 0.2) is 12.7 Å². The molecule has 0 aromatic rings. The smallest absolute Gasteiger partial charge is 0.330 e. The van der Waals surface area contributed by atoms with Crippen LogP contribution in [0.3, 0.4) is 0 Å². The first kappa shape index (κ1) is 13.6. The van der Waals surface area contributed by atoms with E-state index in [-0.39, 0.29) is 17.0 Å². The lowest BCUT2D eigenvalue weighted by molar-refractivity contribution is -0.169. The van der Waals surface area contributed by atoms with Crippen molar-refractivity contribution >= 4 is 5.97 Å². The third-order valence-corrected chi connectivity index (χ3v) is 5.46. The Kier molecular flexibility index (Phi) is 3.57. The molecular formula is C16H26O2. The van der Waals surface area contributed by atoms with E-state index in [1.54, 1.807) is 0 Å². The van der Waals surface area contributed by atoms with Gasteiger partial charge in [0.25, 0.3) is 0 Å². The predicted octanol–water partition coefficient (Wildman–Crippen LogP) is 4.10. The second-order valence-corrected chi connectivity index (χ2v) is 6.82. The molecule has 0 radical (unpaired) electrons. The average Bonchev–Trinajstić information content (AvgIpc) is 2.50. The van der Waals surface area contributed by atoms with Crippen molar-refractivity contribution in [3.05, 3.63) is 12.7 Å². The first-order valence-corrected chi connectivity index (χ1v) is 7.26. The molecule has 0 aliphatic heterocycles. The highest BCUT2D eigenvalue weighted by Gasteiger charge is 2.58. The molecule has 0 saturated heterocycles.